The number of nitrogens with two attached hydrogens (primary N) is 1. The summed E-state index contributed by atoms with van der Waals surface area (Å²) in [5.41, 5.74) is 6.07. The van der Waals surface area contributed by atoms with Crippen LogP contribution in [0.3, 0.4) is 0 Å². The lowest BCUT2D eigenvalue weighted by molar-refractivity contribution is -0.139. The summed E-state index contributed by atoms with van der Waals surface area (Å²) in [4.78, 5) is 37.8. The van der Waals surface area contributed by atoms with E-state index < -0.39 is 6.04 Å². The van der Waals surface area contributed by atoms with E-state index in [1.165, 1.54) is 11.3 Å². The van der Waals surface area contributed by atoms with E-state index in [1.54, 1.807) is 16.3 Å². The Balaban J connectivity index is 2.01. The SMILES string of the molecule is CC1[C@@H](C)CC(C(=O)NCc2cc(C(=N)N)cs2)N1C(=O)CNC=O. The molecule has 5 N–H and O–H groups in total. The van der Waals surface area contributed by atoms with Gasteiger partial charge in [-0.25, -0.2) is 0 Å². The van der Waals surface area contributed by atoms with E-state index in [2.05, 4.69) is 10.6 Å². The minimum Gasteiger partial charge on any atom is -0.384 e. The van der Waals surface area contributed by atoms with Gasteiger partial charge < -0.3 is 21.3 Å². The minimum absolute atomic E-state index is 0.00767. The van der Waals surface area contributed by atoms with Gasteiger partial charge in [0.25, 0.3) is 0 Å². The molecule has 1 fully saturated rings. The van der Waals surface area contributed by atoms with Crippen LogP contribution in [0.4, 0.5) is 0 Å². The molecule has 0 bridgehead atoms. The van der Waals surface area contributed by atoms with Gasteiger partial charge in [-0.2, -0.15) is 0 Å². The van der Waals surface area contributed by atoms with Crippen molar-refractivity contribution in [2.24, 2.45) is 11.7 Å². The van der Waals surface area contributed by atoms with Crippen molar-refractivity contribution in [1.29, 1.82) is 5.41 Å². The molecule has 3 amide bonds. The standard InChI is InChI=1S/C16H23N5O3S/c1-9-3-13(21(10(9)2)14(23)6-19-8-22)16(24)20-5-12-4-11(7-25-12)15(17)18/h4,7-10,13H,3,5-6H2,1-2H3,(H3,17,18)(H,19,22)(H,20,24)/t9-,10?,13?/m0/s1. The molecule has 0 aliphatic carbocycles. The lowest BCUT2D eigenvalue weighted by atomic mass is 10.0. The number of carbonyl (C=O) groups is 3. The van der Waals surface area contributed by atoms with Gasteiger partial charge >= 0.3 is 0 Å². The number of hydrogen-bond donors (Lipinski definition) is 4. The molecule has 1 saturated heterocycles. The number of amides is 3. The van der Waals surface area contributed by atoms with E-state index in [1.807, 2.05) is 13.8 Å². The summed E-state index contributed by atoms with van der Waals surface area (Å²) in [5, 5.41) is 14.4. The van der Waals surface area contributed by atoms with Crippen LogP contribution in [0.25, 0.3) is 0 Å². The lowest BCUT2D eigenvalue weighted by Gasteiger charge is -2.28. The van der Waals surface area contributed by atoms with E-state index in [-0.39, 0.29) is 36.2 Å². The third-order valence-electron chi connectivity index (χ3n) is 4.52. The third kappa shape index (κ3) is 4.36. The predicted molar refractivity (Wildman–Crippen MR) is 95.1 cm³/mol. The molecule has 2 rings (SSSR count). The topological polar surface area (TPSA) is 128 Å². The molecule has 0 saturated carbocycles. The normalized spacial score (nSPS) is 22.5. The lowest BCUT2D eigenvalue weighted by Crippen LogP contribution is -2.50. The Labute approximate surface area is 150 Å². The van der Waals surface area contributed by atoms with Crippen molar-refractivity contribution in [3.05, 3.63) is 21.9 Å². The molecule has 1 aromatic heterocycles. The zero-order valence-corrected chi connectivity index (χ0v) is 15.1. The molecule has 0 spiro atoms. The second-order valence-corrected chi connectivity index (χ2v) is 7.20. The molecule has 1 aromatic rings. The quantitative estimate of drug-likeness (QED) is 0.308. The summed E-state index contributed by atoms with van der Waals surface area (Å²) in [7, 11) is 0. The highest BCUT2D eigenvalue weighted by Gasteiger charge is 2.42. The van der Waals surface area contributed by atoms with E-state index in [4.69, 9.17) is 11.1 Å². The van der Waals surface area contributed by atoms with Crippen LogP contribution in [-0.2, 0) is 20.9 Å². The Morgan fingerprint density at radius 1 is 1.48 bits per heavy atom. The first-order valence-corrected chi connectivity index (χ1v) is 8.90. The van der Waals surface area contributed by atoms with Gasteiger partial charge in [0.05, 0.1) is 13.1 Å². The first-order chi connectivity index (χ1) is 11.8. The summed E-state index contributed by atoms with van der Waals surface area (Å²) in [6.45, 7) is 4.13. The van der Waals surface area contributed by atoms with Gasteiger partial charge in [-0.05, 0) is 25.3 Å². The molecule has 25 heavy (non-hydrogen) atoms. The highest BCUT2D eigenvalue weighted by Crippen LogP contribution is 2.29. The Bertz CT molecular complexity index is 674. The fourth-order valence-corrected chi connectivity index (χ4v) is 3.81. The molecule has 0 radical (unpaired) electrons. The molecular formula is C16H23N5O3S. The van der Waals surface area contributed by atoms with Gasteiger partial charge in [0.2, 0.25) is 18.2 Å². The number of hydrogen-bond acceptors (Lipinski definition) is 5. The van der Waals surface area contributed by atoms with Gasteiger partial charge in [-0.3, -0.25) is 19.8 Å². The second kappa shape index (κ2) is 8.11. The van der Waals surface area contributed by atoms with Crippen LogP contribution in [-0.4, -0.2) is 47.6 Å². The molecule has 136 valence electrons. The minimum atomic E-state index is -0.543. The Morgan fingerprint density at radius 3 is 2.80 bits per heavy atom. The van der Waals surface area contributed by atoms with Crippen molar-refractivity contribution in [2.45, 2.75) is 38.9 Å². The molecule has 9 heteroatoms. The second-order valence-electron chi connectivity index (χ2n) is 6.20. The van der Waals surface area contributed by atoms with Crippen molar-refractivity contribution in [3.63, 3.8) is 0 Å². The monoisotopic (exact) mass is 365 g/mol. The van der Waals surface area contributed by atoms with Crippen LogP contribution in [0.1, 0.15) is 30.7 Å². The average molecular weight is 365 g/mol. The Kier molecular flexibility index (Phi) is 6.13. The predicted octanol–water partition coefficient (Wildman–Crippen LogP) is 0.0199. The smallest absolute Gasteiger partial charge is 0.243 e. The molecule has 1 aliphatic rings. The van der Waals surface area contributed by atoms with Crippen LogP contribution in [0.2, 0.25) is 0 Å². The number of thiophene rings is 1. The highest BCUT2D eigenvalue weighted by atomic mass is 32.1. The summed E-state index contributed by atoms with van der Waals surface area (Å²) >= 11 is 1.42. The van der Waals surface area contributed by atoms with Crippen molar-refractivity contribution in [3.8, 4) is 0 Å². The van der Waals surface area contributed by atoms with Crippen LogP contribution < -0.4 is 16.4 Å². The highest BCUT2D eigenvalue weighted by molar-refractivity contribution is 7.10. The maximum atomic E-state index is 12.6. The summed E-state index contributed by atoms with van der Waals surface area (Å²) < 4.78 is 0. The van der Waals surface area contributed by atoms with Gasteiger partial charge in [0.15, 0.2) is 0 Å². The van der Waals surface area contributed by atoms with Crippen molar-refractivity contribution >= 4 is 35.4 Å². The number of rotatable bonds is 7. The van der Waals surface area contributed by atoms with Gasteiger partial charge in [0.1, 0.15) is 11.9 Å². The van der Waals surface area contributed by atoms with Crippen LogP contribution in [0.5, 0.6) is 0 Å². The largest absolute Gasteiger partial charge is 0.384 e. The number of carbonyl (C=O) groups excluding carboxylic acids is 3. The number of amidine groups is 1. The molecule has 8 nitrogen and oxygen atoms in total. The van der Waals surface area contributed by atoms with Crippen molar-refractivity contribution < 1.29 is 14.4 Å². The molecule has 0 aromatic carbocycles. The van der Waals surface area contributed by atoms with Gasteiger partial charge in [-0.1, -0.05) is 6.92 Å². The maximum Gasteiger partial charge on any atom is 0.243 e. The number of likely N-dealkylation sites (tertiary alicyclic amines) is 1. The van der Waals surface area contributed by atoms with E-state index in [9.17, 15) is 14.4 Å². The fourth-order valence-electron chi connectivity index (χ4n) is 2.98. The van der Waals surface area contributed by atoms with Crippen molar-refractivity contribution in [1.82, 2.24) is 15.5 Å². The first-order valence-electron chi connectivity index (χ1n) is 8.02. The molecule has 2 heterocycles. The molecule has 1 aliphatic heterocycles. The van der Waals surface area contributed by atoms with E-state index >= 15 is 0 Å². The zero-order chi connectivity index (χ0) is 18.6. The number of nitrogen functional groups attached to an aromatic ring is 1. The van der Waals surface area contributed by atoms with Gasteiger partial charge in [-0.15, -0.1) is 11.3 Å². The number of nitrogens with one attached hydrogen (secondary N) is 3. The number of nitrogens with zero attached hydrogens (tertiary/aromatic N) is 1. The van der Waals surface area contributed by atoms with Gasteiger partial charge in [0, 0.05) is 21.9 Å². The van der Waals surface area contributed by atoms with Crippen LogP contribution in [0.15, 0.2) is 11.4 Å². The van der Waals surface area contributed by atoms with Crippen LogP contribution >= 0.6 is 11.3 Å². The van der Waals surface area contributed by atoms with Crippen LogP contribution in [0, 0.1) is 11.3 Å². The zero-order valence-electron chi connectivity index (χ0n) is 14.2. The molecule has 2 unspecified atom stereocenters. The summed E-state index contributed by atoms with van der Waals surface area (Å²) in [6.07, 6.45) is 1.06. The molecular weight excluding hydrogens is 342 g/mol. The first kappa shape index (κ1) is 18.9. The Morgan fingerprint density at radius 2 is 2.20 bits per heavy atom. The van der Waals surface area contributed by atoms with E-state index in [0.29, 0.717) is 24.9 Å². The maximum absolute atomic E-state index is 12.6. The fraction of sp³-hybridized carbons (Fsp3) is 0.500. The van der Waals surface area contributed by atoms with E-state index in [0.717, 1.165) is 4.88 Å². The molecule has 3 atom stereocenters. The summed E-state index contributed by atoms with van der Waals surface area (Å²) in [5.74, 6) is -0.291. The summed E-state index contributed by atoms with van der Waals surface area (Å²) in [6, 6.07) is 1.16. The average Bonchev–Trinajstić information content (AvgIpc) is 3.16. The van der Waals surface area contributed by atoms with Crippen molar-refractivity contribution in [2.75, 3.05) is 6.54 Å². The third-order valence-corrected chi connectivity index (χ3v) is 5.46. The Hall–Kier alpha value is -2.42.